The maximum absolute atomic E-state index is 4.29. The van der Waals surface area contributed by atoms with Crippen molar-refractivity contribution < 1.29 is 0 Å². The minimum Gasteiger partial charge on any atom is -0.143 e. The Morgan fingerprint density at radius 2 is 1.50 bits per heavy atom. The molecule has 0 nitrogen and oxygen atoms in total. The van der Waals surface area contributed by atoms with E-state index in [9.17, 15) is 0 Å². The second-order valence-corrected chi connectivity index (χ2v) is 3.55. The van der Waals surface area contributed by atoms with E-state index in [0.29, 0.717) is 0 Å². The van der Waals surface area contributed by atoms with E-state index in [1.807, 2.05) is 19.9 Å². The van der Waals surface area contributed by atoms with Crippen LogP contribution < -0.4 is 0 Å². The van der Waals surface area contributed by atoms with Crippen molar-refractivity contribution in [2.24, 2.45) is 0 Å². The van der Waals surface area contributed by atoms with Gasteiger partial charge < -0.3 is 0 Å². The molecule has 2 aromatic rings. The molecule has 0 saturated carbocycles. The van der Waals surface area contributed by atoms with Crippen LogP contribution in [-0.2, 0) is 0 Å². The molecule has 14 heavy (non-hydrogen) atoms. The van der Waals surface area contributed by atoms with Gasteiger partial charge in [0.1, 0.15) is 0 Å². The number of benzene rings is 2. The molecule has 0 radical (unpaired) electrons. The second kappa shape index (κ2) is 5.06. The van der Waals surface area contributed by atoms with E-state index >= 15 is 0 Å². The van der Waals surface area contributed by atoms with E-state index < -0.39 is 0 Å². The van der Waals surface area contributed by atoms with Gasteiger partial charge in [0.25, 0.3) is 0 Å². The quantitative estimate of drug-likeness (QED) is 0.602. The molecule has 0 N–H and O–H groups in total. The van der Waals surface area contributed by atoms with Crippen molar-refractivity contribution in [1.82, 2.24) is 0 Å². The minimum atomic E-state index is 1.02. The zero-order chi connectivity index (χ0) is 10.6. The van der Waals surface area contributed by atoms with Crippen LogP contribution in [0.25, 0.3) is 10.8 Å². The first-order chi connectivity index (χ1) is 6.75. The van der Waals surface area contributed by atoms with E-state index in [0.717, 1.165) is 4.90 Å². The van der Waals surface area contributed by atoms with Crippen molar-refractivity contribution in [2.75, 3.05) is 0 Å². The van der Waals surface area contributed by atoms with E-state index in [2.05, 4.69) is 49.9 Å². The summed E-state index contributed by atoms with van der Waals surface area (Å²) in [6, 6.07) is 12.6. The van der Waals surface area contributed by atoms with Gasteiger partial charge in [0.05, 0.1) is 0 Å². The Balaban J connectivity index is 0.000000461. The Morgan fingerprint density at radius 3 is 2.21 bits per heavy atom. The highest BCUT2D eigenvalue weighted by atomic mass is 32.1. The lowest BCUT2D eigenvalue weighted by Gasteiger charge is -1.99. The van der Waals surface area contributed by atoms with E-state index in [1.54, 1.807) is 0 Å². The third kappa shape index (κ3) is 2.52. The van der Waals surface area contributed by atoms with Crippen molar-refractivity contribution in [3.8, 4) is 0 Å². The molecule has 0 unspecified atom stereocenters. The number of rotatable bonds is 0. The molecule has 0 aliphatic carbocycles. The first kappa shape index (κ1) is 11.1. The van der Waals surface area contributed by atoms with Gasteiger partial charge in [-0.1, -0.05) is 43.7 Å². The smallest absolute Gasteiger partial charge is 0.00463 e. The first-order valence-electron chi connectivity index (χ1n) is 4.95. The molecular weight excluding hydrogens is 188 g/mol. The third-order valence-electron chi connectivity index (χ3n) is 1.98. The van der Waals surface area contributed by atoms with Crippen molar-refractivity contribution >= 4 is 23.4 Å². The van der Waals surface area contributed by atoms with Gasteiger partial charge in [-0.15, -0.1) is 12.6 Å². The Hall–Kier alpha value is -0.950. The van der Waals surface area contributed by atoms with Gasteiger partial charge in [-0.25, -0.2) is 0 Å². The average Bonchev–Trinajstić information content (AvgIpc) is 2.20. The lowest BCUT2D eigenvalue weighted by atomic mass is 10.1. The second-order valence-electron chi connectivity index (χ2n) is 3.03. The molecule has 0 aromatic heterocycles. The number of thiol groups is 1. The summed E-state index contributed by atoms with van der Waals surface area (Å²) in [4.78, 5) is 1.02. The molecule has 2 rings (SSSR count). The average molecular weight is 204 g/mol. The van der Waals surface area contributed by atoms with Crippen LogP contribution in [-0.4, -0.2) is 0 Å². The van der Waals surface area contributed by atoms with Gasteiger partial charge >= 0.3 is 0 Å². The molecule has 0 bridgehead atoms. The lowest BCUT2D eigenvalue weighted by Crippen LogP contribution is -1.75. The predicted molar refractivity (Wildman–Crippen MR) is 67.3 cm³/mol. The lowest BCUT2D eigenvalue weighted by molar-refractivity contribution is 1.47. The molecule has 0 aliphatic rings. The van der Waals surface area contributed by atoms with E-state index in [-0.39, 0.29) is 0 Å². The number of fused-ring (bicyclic) bond motifs is 1. The van der Waals surface area contributed by atoms with Crippen LogP contribution in [0.3, 0.4) is 0 Å². The van der Waals surface area contributed by atoms with Crippen LogP contribution in [0.1, 0.15) is 19.4 Å². The Kier molecular flexibility index (Phi) is 4.02. The molecule has 0 fully saturated rings. The number of aryl methyl sites for hydroxylation is 1. The summed E-state index contributed by atoms with van der Waals surface area (Å²) < 4.78 is 0. The standard InChI is InChI=1S/C11H10S.C2H6/c1-8-2-3-9-4-5-11(12)7-10(9)6-8;1-2/h2-7,12H,1H3;1-2H3. The third-order valence-corrected chi connectivity index (χ3v) is 2.26. The van der Waals surface area contributed by atoms with Crippen LogP contribution >= 0.6 is 12.6 Å². The summed E-state index contributed by atoms with van der Waals surface area (Å²) in [7, 11) is 0. The van der Waals surface area contributed by atoms with Crippen molar-refractivity contribution in [1.29, 1.82) is 0 Å². The van der Waals surface area contributed by atoms with Crippen LogP contribution in [0.4, 0.5) is 0 Å². The van der Waals surface area contributed by atoms with Crippen LogP contribution in [0, 0.1) is 6.92 Å². The molecule has 0 aliphatic heterocycles. The molecule has 0 atom stereocenters. The topological polar surface area (TPSA) is 0 Å². The maximum atomic E-state index is 4.29. The van der Waals surface area contributed by atoms with Gasteiger partial charge in [0.2, 0.25) is 0 Å². The van der Waals surface area contributed by atoms with Gasteiger partial charge in [-0.3, -0.25) is 0 Å². The summed E-state index contributed by atoms with van der Waals surface area (Å²) >= 11 is 4.29. The highest BCUT2D eigenvalue weighted by molar-refractivity contribution is 7.80. The minimum absolute atomic E-state index is 1.02. The number of hydrogen-bond donors (Lipinski definition) is 1. The molecular formula is C13H16S. The Bertz CT molecular complexity index is 382. The zero-order valence-electron chi connectivity index (χ0n) is 8.91. The molecule has 0 spiro atoms. The van der Waals surface area contributed by atoms with E-state index in [1.165, 1.54) is 16.3 Å². The predicted octanol–water partition coefficient (Wildman–Crippen LogP) is 4.46. The summed E-state index contributed by atoms with van der Waals surface area (Å²) in [5.74, 6) is 0. The van der Waals surface area contributed by atoms with Gasteiger partial charge in [-0.2, -0.15) is 0 Å². The highest BCUT2D eigenvalue weighted by Gasteiger charge is 1.93. The van der Waals surface area contributed by atoms with Crippen molar-refractivity contribution in [3.05, 3.63) is 42.0 Å². The fourth-order valence-corrected chi connectivity index (χ4v) is 1.57. The summed E-state index contributed by atoms with van der Waals surface area (Å²) in [6.45, 7) is 6.10. The van der Waals surface area contributed by atoms with Crippen LogP contribution in [0.5, 0.6) is 0 Å². The molecule has 0 heterocycles. The van der Waals surface area contributed by atoms with Gasteiger partial charge in [0.15, 0.2) is 0 Å². The molecule has 74 valence electrons. The Morgan fingerprint density at radius 1 is 0.857 bits per heavy atom. The summed E-state index contributed by atoms with van der Waals surface area (Å²) in [5.41, 5.74) is 1.29. The molecule has 0 amide bonds. The maximum Gasteiger partial charge on any atom is 0.00463 e. The number of hydrogen-bond acceptors (Lipinski definition) is 1. The first-order valence-corrected chi connectivity index (χ1v) is 5.40. The van der Waals surface area contributed by atoms with Crippen LogP contribution in [0.2, 0.25) is 0 Å². The van der Waals surface area contributed by atoms with E-state index in [4.69, 9.17) is 0 Å². The molecule has 2 aromatic carbocycles. The van der Waals surface area contributed by atoms with Crippen molar-refractivity contribution in [2.45, 2.75) is 25.7 Å². The largest absolute Gasteiger partial charge is 0.143 e. The normalized spacial score (nSPS) is 9.43. The fourth-order valence-electron chi connectivity index (χ4n) is 1.35. The highest BCUT2D eigenvalue weighted by Crippen LogP contribution is 2.19. The van der Waals surface area contributed by atoms with Crippen molar-refractivity contribution in [3.63, 3.8) is 0 Å². The molecule has 0 saturated heterocycles. The Labute approximate surface area is 91.4 Å². The van der Waals surface area contributed by atoms with Gasteiger partial charge in [0, 0.05) is 4.90 Å². The van der Waals surface area contributed by atoms with Gasteiger partial charge in [-0.05, 0) is 29.8 Å². The monoisotopic (exact) mass is 204 g/mol. The summed E-state index contributed by atoms with van der Waals surface area (Å²) in [5, 5.41) is 2.54. The fraction of sp³-hybridized carbons (Fsp3) is 0.231. The molecule has 1 heteroatoms. The SMILES string of the molecule is CC.Cc1ccc2ccc(S)cc2c1. The zero-order valence-corrected chi connectivity index (χ0v) is 9.81. The summed E-state index contributed by atoms with van der Waals surface area (Å²) in [6.07, 6.45) is 0. The van der Waals surface area contributed by atoms with Crippen LogP contribution in [0.15, 0.2) is 41.3 Å².